The van der Waals surface area contributed by atoms with Gasteiger partial charge < -0.3 is 19.9 Å². The van der Waals surface area contributed by atoms with E-state index in [4.69, 9.17) is 9.26 Å². The number of anilines is 2. The summed E-state index contributed by atoms with van der Waals surface area (Å²) in [5.74, 6) is 0.417. The number of hydrogen-bond acceptors (Lipinski definition) is 6. The largest absolute Gasteiger partial charge is 0.497 e. The normalized spacial score (nSPS) is 12.0. The fourth-order valence-corrected chi connectivity index (χ4v) is 3.98. The lowest BCUT2D eigenvalue weighted by molar-refractivity contribution is -0.128. The van der Waals surface area contributed by atoms with E-state index in [1.54, 1.807) is 44.4 Å². The maximum Gasteiger partial charge on any atom is 0.248 e. The SMILES string of the molecule is CCC(C)(C)NC(=O)C(c1ccc(OC)cc1)N(C(=O)CCC(=O)Nc1cc(C)on1)c1ccc(C)c(C)c1. The monoisotopic (exact) mass is 534 g/mol. The molecule has 39 heavy (non-hydrogen) atoms. The number of nitrogens with zero attached hydrogens (tertiary/aromatic N) is 2. The number of carbonyl (C=O) groups excluding carboxylic acids is 3. The molecular weight excluding hydrogens is 496 g/mol. The van der Waals surface area contributed by atoms with Crippen molar-refractivity contribution in [1.82, 2.24) is 10.5 Å². The van der Waals surface area contributed by atoms with E-state index in [0.29, 0.717) is 29.2 Å². The number of ether oxygens (including phenoxy) is 1. The van der Waals surface area contributed by atoms with E-state index in [0.717, 1.165) is 11.1 Å². The summed E-state index contributed by atoms with van der Waals surface area (Å²) in [5, 5.41) is 9.51. The molecule has 1 heterocycles. The molecule has 1 aromatic heterocycles. The van der Waals surface area contributed by atoms with Crippen LogP contribution in [0.4, 0.5) is 11.5 Å². The van der Waals surface area contributed by atoms with Gasteiger partial charge in [0, 0.05) is 30.1 Å². The third-order valence-electron chi connectivity index (χ3n) is 6.78. The Morgan fingerprint density at radius 3 is 2.26 bits per heavy atom. The number of benzene rings is 2. The van der Waals surface area contributed by atoms with Gasteiger partial charge in [0.15, 0.2) is 5.82 Å². The van der Waals surface area contributed by atoms with Gasteiger partial charge in [0.25, 0.3) is 0 Å². The van der Waals surface area contributed by atoms with E-state index < -0.39 is 11.6 Å². The molecule has 208 valence electrons. The van der Waals surface area contributed by atoms with Gasteiger partial charge in [-0.3, -0.25) is 19.3 Å². The highest BCUT2D eigenvalue weighted by Gasteiger charge is 2.35. The summed E-state index contributed by atoms with van der Waals surface area (Å²) in [7, 11) is 1.57. The van der Waals surface area contributed by atoms with Crippen molar-refractivity contribution in [3.63, 3.8) is 0 Å². The molecule has 2 aromatic carbocycles. The number of amides is 3. The van der Waals surface area contributed by atoms with Gasteiger partial charge in [-0.15, -0.1) is 0 Å². The summed E-state index contributed by atoms with van der Waals surface area (Å²) < 4.78 is 10.3. The van der Waals surface area contributed by atoms with E-state index in [2.05, 4.69) is 15.8 Å². The molecule has 3 amide bonds. The molecule has 0 radical (unpaired) electrons. The molecule has 0 aliphatic rings. The standard InChI is InChI=1S/C30H38N4O5/c1-8-30(5,6)32-29(37)28(22-10-13-24(38-7)14-11-22)34(23-12-9-19(2)20(3)17-23)27(36)16-15-26(35)31-25-18-21(4)39-33-25/h9-14,17-18,28H,8,15-16H2,1-7H3,(H,32,37)(H,31,33,35). The van der Waals surface area contributed by atoms with Crippen molar-refractivity contribution < 1.29 is 23.6 Å². The molecule has 1 atom stereocenters. The topological polar surface area (TPSA) is 114 Å². The second-order valence-electron chi connectivity index (χ2n) is 10.3. The van der Waals surface area contributed by atoms with Crippen LogP contribution in [0.15, 0.2) is 53.1 Å². The highest BCUT2D eigenvalue weighted by Crippen LogP contribution is 2.32. The molecule has 3 aromatic rings. The molecule has 0 fully saturated rings. The number of methoxy groups -OCH3 is 1. The predicted molar refractivity (Wildman–Crippen MR) is 151 cm³/mol. The van der Waals surface area contributed by atoms with E-state index in [-0.39, 0.29) is 36.4 Å². The Hall–Kier alpha value is -4.14. The first-order valence-electron chi connectivity index (χ1n) is 13.0. The van der Waals surface area contributed by atoms with Crippen LogP contribution in [-0.4, -0.2) is 35.5 Å². The summed E-state index contributed by atoms with van der Waals surface area (Å²) in [6.07, 6.45) is 0.490. The smallest absolute Gasteiger partial charge is 0.248 e. The van der Waals surface area contributed by atoms with Crippen LogP contribution in [0.1, 0.15) is 68.5 Å². The maximum atomic E-state index is 13.9. The predicted octanol–water partition coefficient (Wildman–Crippen LogP) is 5.41. The number of carbonyl (C=O) groups is 3. The molecule has 2 N–H and O–H groups in total. The Bertz CT molecular complexity index is 1310. The Kier molecular flexibility index (Phi) is 9.51. The first-order chi connectivity index (χ1) is 18.4. The van der Waals surface area contributed by atoms with Crippen molar-refractivity contribution in [2.45, 2.75) is 72.4 Å². The number of nitrogens with one attached hydrogen (secondary N) is 2. The Labute approximate surface area is 229 Å². The zero-order valence-corrected chi connectivity index (χ0v) is 23.8. The first kappa shape index (κ1) is 29.4. The molecule has 0 bridgehead atoms. The van der Waals surface area contributed by atoms with Gasteiger partial charge in [0.2, 0.25) is 17.7 Å². The summed E-state index contributed by atoms with van der Waals surface area (Å²) >= 11 is 0. The first-order valence-corrected chi connectivity index (χ1v) is 13.0. The van der Waals surface area contributed by atoms with Crippen molar-refractivity contribution in [2.75, 3.05) is 17.3 Å². The van der Waals surface area contributed by atoms with Crippen LogP contribution in [0.3, 0.4) is 0 Å². The lowest BCUT2D eigenvalue weighted by atomic mass is 9.97. The molecule has 1 unspecified atom stereocenters. The van der Waals surface area contributed by atoms with Gasteiger partial charge in [-0.05, 0) is 82.0 Å². The minimum absolute atomic E-state index is 0.0938. The second kappa shape index (κ2) is 12.6. The van der Waals surface area contributed by atoms with Crippen LogP contribution >= 0.6 is 0 Å². The summed E-state index contributed by atoms with van der Waals surface area (Å²) in [5.41, 5.74) is 2.74. The molecule has 0 spiro atoms. The van der Waals surface area contributed by atoms with Crippen molar-refractivity contribution >= 4 is 29.2 Å². The zero-order valence-electron chi connectivity index (χ0n) is 23.8. The van der Waals surface area contributed by atoms with Gasteiger partial charge in [-0.1, -0.05) is 30.3 Å². The highest BCUT2D eigenvalue weighted by atomic mass is 16.5. The number of aryl methyl sites for hydroxylation is 3. The Balaban J connectivity index is 2.00. The fourth-order valence-electron chi connectivity index (χ4n) is 3.98. The fraction of sp³-hybridized carbons (Fsp3) is 0.400. The average molecular weight is 535 g/mol. The van der Waals surface area contributed by atoms with E-state index >= 15 is 0 Å². The van der Waals surface area contributed by atoms with Crippen LogP contribution in [0.5, 0.6) is 5.75 Å². The Morgan fingerprint density at radius 2 is 1.69 bits per heavy atom. The maximum absolute atomic E-state index is 13.9. The molecule has 0 aliphatic heterocycles. The average Bonchev–Trinajstić information content (AvgIpc) is 3.31. The summed E-state index contributed by atoms with van der Waals surface area (Å²) in [6, 6.07) is 13.3. The van der Waals surface area contributed by atoms with Crippen molar-refractivity contribution in [3.05, 3.63) is 71.0 Å². The minimum Gasteiger partial charge on any atom is -0.497 e. The number of rotatable bonds is 11. The Morgan fingerprint density at radius 1 is 1.00 bits per heavy atom. The van der Waals surface area contributed by atoms with E-state index in [9.17, 15) is 14.4 Å². The molecule has 9 nitrogen and oxygen atoms in total. The molecular formula is C30H38N4O5. The summed E-state index contributed by atoms with van der Waals surface area (Å²) in [6.45, 7) is 11.5. The van der Waals surface area contributed by atoms with Crippen molar-refractivity contribution in [2.24, 2.45) is 0 Å². The summed E-state index contributed by atoms with van der Waals surface area (Å²) in [4.78, 5) is 41.9. The lowest BCUT2D eigenvalue weighted by Gasteiger charge is -2.35. The molecule has 0 saturated heterocycles. The molecule has 0 saturated carbocycles. The third kappa shape index (κ3) is 7.69. The van der Waals surface area contributed by atoms with Crippen LogP contribution in [0.25, 0.3) is 0 Å². The molecule has 9 heteroatoms. The van der Waals surface area contributed by atoms with Gasteiger partial charge in [-0.2, -0.15) is 0 Å². The zero-order chi connectivity index (χ0) is 28.7. The third-order valence-corrected chi connectivity index (χ3v) is 6.78. The van der Waals surface area contributed by atoms with Gasteiger partial charge in [-0.25, -0.2) is 0 Å². The second-order valence-corrected chi connectivity index (χ2v) is 10.3. The van der Waals surface area contributed by atoms with E-state index in [1.165, 1.54) is 4.90 Å². The van der Waals surface area contributed by atoms with Gasteiger partial charge in [0.1, 0.15) is 17.6 Å². The molecule has 3 rings (SSSR count). The van der Waals surface area contributed by atoms with E-state index in [1.807, 2.05) is 52.8 Å². The van der Waals surface area contributed by atoms with Gasteiger partial charge >= 0.3 is 0 Å². The highest BCUT2D eigenvalue weighted by molar-refractivity contribution is 6.03. The van der Waals surface area contributed by atoms with Crippen molar-refractivity contribution in [1.29, 1.82) is 0 Å². The van der Waals surface area contributed by atoms with Crippen LogP contribution in [0.2, 0.25) is 0 Å². The number of hydrogen-bond donors (Lipinski definition) is 2. The van der Waals surface area contributed by atoms with Crippen LogP contribution < -0.4 is 20.3 Å². The van der Waals surface area contributed by atoms with Gasteiger partial charge in [0.05, 0.1) is 7.11 Å². The molecule has 0 aliphatic carbocycles. The number of aromatic nitrogens is 1. The van der Waals surface area contributed by atoms with Crippen LogP contribution in [-0.2, 0) is 14.4 Å². The quantitative estimate of drug-likeness (QED) is 0.340. The minimum atomic E-state index is -0.974. The lowest BCUT2D eigenvalue weighted by Crippen LogP contribution is -2.50. The van der Waals surface area contributed by atoms with Crippen molar-refractivity contribution in [3.8, 4) is 5.75 Å². The van der Waals surface area contributed by atoms with Crippen LogP contribution in [0, 0.1) is 20.8 Å².